The SMILES string of the molecule is O=C(c1cccc(OCc2cccc(Cl)c2)c1)N1CCC(NS(=O)(=O)c2cccs2)CC1. The van der Waals surface area contributed by atoms with Crippen molar-refractivity contribution in [2.45, 2.75) is 29.7 Å². The van der Waals surface area contributed by atoms with Crippen LogP contribution < -0.4 is 9.46 Å². The molecule has 3 aromatic rings. The molecule has 0 atom stereocenters. The van der Waals surface area contributed by atoms with Crippen LogP contribution in [0.25, 0.3) is 0 Å². The standard InChI is InChI=1S/C23H23ClN2O4S2/c24-19-6-1-4-17(14-19)16-30-21-7-2-5-18(15-21)23(27)26-11-9-20(10-12-26)25-32(28,29)22-8-3-13-31-22/h1-8,13-15,20,25H,9-12,16H2. The van der Waals surface area contributed by atoms with Crippen molar-refractivity contribution >= 4 is 38.9 Å². The first-order valence-electron chi connectivity index (χ1n) is 10.2. The minimum Gasteiger partial charge on any atom is -0.489 e. The number of piperidine rings is 1. The van der Waals surface area contributed by atoms with Gasteiger partial charge in [-0.1, -0.05) is 35.9 Å². The smallest absolute Gasteiger partial charge is 0.253 e. The summed E-state index contributed by atoms with van der Waals surface area (Å²) >= 11 is 7.20. The first kappa shape index (κ1) is 22.8. The van der Waals surface area contributed by atoms with Gasteiger partial charge in [0.2, 0.25) is 10.0 Å². The predicted molar refractivity (Wildman–Crippen MR) is 126 cm³/mol. The van der Waals surface area contributed by atoms with Crippen molar-refractivity contribution in [3.05, 3.63) is 82.2 Å². The minimum absolute atomic E-state index is 0.0854. The molecule has 168 valence electrons. The number of carbonyl (C=O) groups excluding carboxylic acids is 1. The van der Waals surface area contributed by atoms with Crippen LogP contribution in [0, 0.1) is 0 Å². The van der Waals surface area contributed by atoms with Gasteiger partial charge in [0.25, 0.3) is 5.91 Å². The molecule has 1 saturated heterocycles. The third kappa shape index (κ3) is 5.69. The zero-order chi connectivity index (χ0) is 22.6. The molecule has 0 aliphatic carbocycles. The number of halogens is 1. The van der Waals surface area contributed by atoms with E-state index in [1.54, 1.807) is 46.7 Å². The summed E-state index contributed by atoms with van der Waals surface area (Å²) in [5.41, 5.74) is 1.49. The average molecular weight is 491 g/mol. The van der Waals surface area contributed by atoms with Gasteiger partial charge in [-0.05, 0) is 60.2 Å². The fraction of sp³-hybridized carbons (Fsp3) is 0.261. The summed E-state index contributed by atoms with van der Waals surface area (Å²) in [6.45, 7) is 1.34. The monoisotopic (exact) mass is 490 g/mol. The Hall–Kier alpha value is -2.39. The number of thiophene rings is 1. The van der Waals surface area contributed by atoms with Crippen LogP contribution in [0.3, 0.4) is 0 Å². The maximum Gasteiger partial charge on any atom is 0.253 e. The lowest BCUT2D eigenvalue weighted by molar-refractivity contribution is 0.0711. The lowest BCUT2D eigenvalue weighted by atomic mass is 10.0. The van der Waals surface area contributed by atoms with E-state index in [0.29, 0.717) is 53.1 Å². The van der Waals surface area contributed by atoms with Gasteiger partial charge in [-0.15, -0.1) is 11.3 Å². The summed E-state index contributed by atoms with van der Waals surface area (Å²) in [7, 11) is -3.50. The number of hydrogen-bond acceptors (Lipinski definition) is 5. The molecular weight excluding hydrogens is 468 g/mol. The summed E-state index contributed by atoms with van der Waals surface area (Å²) in [6.07, 6.45) is 1.14. The Balaban J connectivity index is 1.32. The van der Waals surface area contributed by atoms with E-state index in [0.717, 1.165) is 5.56 Å². The van der Waals surface area contributed by atoms with Crippen LogP contribution in [0.4, 0.5) is 0 Å². The van der Waals surface area contributed by atoms with Crippen LogP contribution in [-0.4, -0.2) is 38.4 Å². The van der Waals surface area contributed by atoms with E-state index in [1.807, 2.05) is 24.3 Å². The van der Waals surface area contributed by atoms with Crippen molar-refractivity contribution in [2.24, 2.45) is 0 Å². The fourth-order valence-electron chi connectivity index (χ4n) is 3.59. The summed E-state index contributed by atoms with van der Waals surface area (Å²) in [4.78, 5) is 14.7. The summed E-state index contributed by atoms with van der Waals surface area (Å²) in [5.74, 6) is 0.521. The normalized spacial score (nSPS) is 15.0. The van der Waals surface area contributed by atoms with Crippen LogP contribution >= 0.6 is 22.9 Å². The van der Waals surface area contributed by atoms with E-state index in [-0.39, 0.29) is 11.9 Å². The van der Waals surface area contributed by atoms with E-state index >= 15 is 0 Å². The molecule has 1 aliphatic heterocycles. The van der Waals surface area contributed by atoms with Gasteiger partial charge in [-0.3, -0.25) is 4.79 Å². The van der Waals surface area contributed by atoms with E-state index in [9.17, 15) is 13.2 Å². The van der Waals surface area contributed by atoms with Gasteiger partial charge in [-0.2, -0.15) is 0 Å². The number of rotatable bonds is 7. The Morgan fingerprint density at radius 1 is 1.09 bits per heavy atom. The van der Waals surface area contributed by atoms with Crippen molar-refractivity contribution in [1.82, 2.24) is 9.62 Å². The Bertz CT molecular complexity index is 1170. The van der Waals surface area contributed by atoms with Gasteiger partial charge in [0, 0.05) is 29.7 Å². The summed E-state index contributed by atoms with van der Waals surface area (Å²) < 4.78 is 33.7. The second-order valence-corrected chi connectivity index (χ2v) is 10.9. The molecule has 32 heavy (non-hydrogen) atoms. The minimum atomic E-state index is -3.50. The van der Waals surface area contributed by atoms with Crippen LogP contribution in [0.1, 0.15) is 28.8 Å². The van der Waals surface area contributed by atoms with Crippen LogP contribution in [-0.2, 0) is 16.6 Å². The largest absolute Gasteiger partial charge is 0.489 e. The number of ether oxygens (including phenoxy) is 1. The Labute approximate surface area is 196 Å². The Morgan fingerprint density at radius 2 is 1.88 bits per heavy atom. The third-order valence-corrected chi connectivity index (χ3v) is 8.39. The van der Waals surface area contributed by atoms with Crippen molar-refractivity contribution in [1.29, 1.82) is 0 Å². The van der Waals surface area contributed by atoms with E-state index < -0.39 is 10.0 Å². The molecule has 1 amide bonds. The highest BCUT2D eigenvalue weighted by Crippen LogP contribution is 2.22. The first-order valence-corrected chi connectivity index (χ1v) is 13.0. The number of sulfonamides is 1. The molecule has 9 heteroatoms. The maximum absolute atomic E-state index is 13.0. The van der Waals surface area contributed by atoms with Crippen molar-refractivity contribution < 1.29 is 17.9 Å². The van der Waals surface area contributed by atoms with Gasteiger partial charge >= 0.3 is 0 Å². The third-order valence-electron chi connectivity index (χ3n) is 5.24. The molecule has 4 rings (SSSR count). The topological polar surface area (TPSA) is 75.7 Å². The van der Waals surface area contributed by atoms with E-state index in [2.05, 4.69) is 4.72 Å². The second kappa shape index (κ2) is 10.0. The average Bonchev–Trinajstić information content (AvgIpc) is 3.34. The van der Waals surface area contributed by atoms with Crippen molar-refractivity contribution in [3.63, 3.8) is 0 Å². The molecule has 0 saturated carbocycles. The lowest BCUT2D eigenvalue weighted by Gasteiger charge is -2.32. The number of carbonyl (C=O) groups is 1. The van der Waals surface area contributed by atoms with Gasteiger partial charge < -0.3 is 9.64 Å². The highest BCUT2D eigenvalue weighted by Gasteiger charge is 2.27. The van der Waals surface area contributed by atoms with Gasteiger partial charge in [-0.25, -0.2) is 13.1 Å². The zero-order valence-electron chi connectivity index (χ0n) is 17.2. The van der Waals surface area contributed by atoms with E-state index in [1.165, 1.54) is 11.3 Å². The molecule has 1 N–H and O–H groups in total. The Morgan fingerprint density at radius 3 is 2.59 bits per heavy atom. The molecule has 2 aromatic carbocycles. The van der Waals surface area contributed by atoms with Crippen LogP contribution in [0.2, 0.25) is 5.02 Å². The summed E-state index contributed by atoms with van der Waals surface area (Å²) in [5, 5.41) is 2.39. The van der Waals surface area contributed by atoms with Gasteiger partial charge in [0.1, 0.15) is 16.6 Å². The quantitative estimate of drug-likeness (QED) is 0.526. The molecular formula is C23H23ClN2O4S2. The van der Waals surface area contributed by atoms with Crippen LogP contribution in [0.5, 0.6) is 5.75 Å². The molecule has 6 nitrogen and oxygen atoms in total. The highest BCUT2D eigenvalue weighted by molar-refractivity contribution is 7.91. The molecule has 0 bridgehead atoms. The lowest BCUT2D eigenvalue weighted by Crippen LogP contribution is -2.46. The summed E-state index contributed by atoms with van der Waals surface area (Å²) in [6, 6.07) is 17.7. The first-order chi connectivity index (χ1) is 15.4. The molecule has 0 unspecified atom stereocenters. The Kier molecular flexibility index (Phi) is 7.15. The molecule has 2 heterocycles. The van der Waals surface area contributed by atoms with Gasteiger partial charge in [0.15, 0.2) is 0 Å². The fourth-order valence-corrected chi connectivity index (χ4v) is 6.12. The van der Waals surface area contributed by atoms with Crippen molar-refractivity contribution in [3.8, 4) is 5.75 Å². The maximum atomic E-state index is 13.0. The predicted octanol–water partition coefficient (Wildman–Crippen LogP) is 4.56. The second-order valence-electron chi connectivity index (χ2n) is 7.57. The number of nitrogens with one attached hydrogen (secondary N) is 1. The van der Waals surface area contributed by atoms with E-state index in [4.69, 9.17) is 16.3 Å². The van der Waals surface area contributed by atoms with Crippen LogP contribution in [0.15, 0.2) is 70.3 Å². The van der Waals surface area contributed by atoms with Gasteiger partial charge in [0.05, 0.1) is 0 Å². The number of amides is 1. The highest BCUT2D eigenvalue weighted by atomic mass is 35.5. The molecule has 1 aliphatic rings. The molecule has 1 fully saturated rings. The molecule has 0 spiro atoms. The number of hydrogen-bond donors (Lipinski definition) is 1. The molecule has 0 radical (unpaired) electrons. The zero-order valence-corrected chi connectivity index (χ0v) is 19.6. The number of likely N-dealkylation sites (tertiary alicyclic amines) is 1. The number of benzene rings is 2. The van der Waals surface area contributed by atoms with Crippen molar-refractivity contribution in [2.75, 3.05) is 13.1 Å². The number of nitrogens with zero attached hydrogens (tertiary/aromatic N) is 1. The molecule has 1 aromatic heterocycles.